The van der Waals surface area contributed by atoms with Gasteiger partial charge in [-0.25, -0.2) is 4.79 Å². The van der Waals surface area contributed by atoms with Gasteiger partial charge in [-0.3, -0.25) is 5.32 Å². The molecule has 2 aliphatic heterocycles. The van der Waals surface area contributed by atoms with E-state index in [1.165, 1.54) is 0 Å². The molecule has 2 bridgehead atoms. The van der Waals surface area contributed by atoms with E-state index in [1.807, 2.05) is 80.3 Å². The number of piperidine rings is 1. The van der Waals surface area contributed by atoms with Crippen molar-refractivity contribution >= 4 is 6.09 Å². The Morgan fingerprint density at radius 3 is 1.75 bits per heavy atom. The van der Waals surface area contributed by atoms with Gasteiger partial charge in [-0.05, 0) is 56.7 Å². The Labute approximate surface area is 214 Å². The Balaban J connectivity index is 1.62. The highest BCUT2D eigenvalue weighted by molar-refractivity contribution is 5.70. The minimum Gasteiger partial charge on any atom is -0.444 e. The fourth-order valence-corrected chi connectivity index (χ4v) is 6.03. The molecule has 5 rings (SSSR count). The fraction of sp³-hybridized carbons (Fsp3) is 0.387. The van der Waals surface area contributed by atoms with E-state index in [9.17, 15) is 9.90 Å². The van der Waals surface area contributed by atoms with Crippen LogP contribution in [0.5, 0.6) is 0 Å². The van der Waals surface area contributed by atoms with Crippen LogP contribution in [0.4, 0.5) is 4.79 Å². The van der Waals surface area contributed by atoms with Crippen molar-refractivity contribution in [3.8, 4) is 0 Å². The zero-order valence-corrected chi connectivity index (χ0v) is 21.3. The van der Waals surface area contributed by atoms with Crippen molar-refractivity contribution in [1.29, 1.82) is 0 Å². The van der Waals surface area contributed by atoms with Crippen molar-refractivity contribution in [3.05, 3.63) is 108 Å². The second-order valence-corrected chi connectivity index (χ2v) is 11.0. The van der Waals surface area contributed by atoms with Crippen LogP contribution >= 0.6 is 0 Å². The number of nitrogens with one attached hydrogen (secondary N) is 1. The summed E-state index contributed by atoms with van der Waals surface area (Å²) >= 11 is 0. The van der Waals surface area contributed by atoms with Crippen molar-refractivity contribution in [2.45, 2.75) is 75.4 Å². The average Bonchev–Trinajstić information content (AvgIpc) is 3.21. The first-order valence-corrected chi connectivity index (χ1v) is 12.9. The molecule has 1 amide bonds. The zero-order valence-electron chi connectivity index (χ0n) is 21.3. The van der Waals surface area contributed by atoms with E-state index in [0.29, 0.717) is 6.42 Å². The summed E-state index contributed by atoms with van der Waals surface area (Å²) in [5.41, 5.74) is 1.96. The number of fused-ring (bicyclic) bond motifs is 2. The standard InChI is InChI=1S/C31H36N2O3/c1-30(2,3)36-29(35)33-25-19-20-26(33)28(27(34)21-25)32-31(22-13-7-4-8-14-22,23-15-9-5-10-16-23)24-17-11-6-12-18-24/h4-18,25-28,32,34H,19-21H2,1-3H3/t25-,26+,27+,28-/m0/s1. The number of carbonyl (C=O) groups is 1. The number of rotatable bonds is 5. The van der Waals surface area contributed by atoms with Gasteiger partial charge in [-0.1, -0.05) is 91.0 Å². The van der Waals surface area contributed by atoms with E-state index in [-0.39, 0.29) is 24.2 Å². The summed E-state index contributed by atoms with van der Waals surface area (Å²) in [6.45, 7) is 5.69. The molecular formula is C31H36N2O3. The molecule has 3 aromatic carbocycles. The lowest BCUT2D eigenvalue weighted by Gasteiger charge is -2.48. The number of amides is 1. The minimum atomic E-state index is -0.718. The first-order valence-electron chi connectivity index (χ1n) is 12.9. The molecule has 2 N–H and O–H groups in total. The summed E-state index contributed by atoms with van der Waals surface area (Å²) < 4.78 is 5.80. The molecule has 2 saturated heterocycles. The monoisotopic (exact) mass is 484 g/mol. The maximum absolute atomic E-state index is 13.3. The first-order chi connectivity index (χ1) is 17.3. The second-order valence-electron chi connectivity index (χ2n) is 11.0. The number of aliphatic hydroxyl groups excluding tert-OH is 1. The lowest BCUT2D eigenvalue weighted by atomic mass is 9.75. The van der Waals surface area contributed by atoms with E-state index < -0.39 is 17.2 Å². The van der Waals surface area contributed by atoms with Crippen LogP contribution in [0.15, 0.2) is 91.0 Å². The molecule has 2 heterocycles. The van der Waals surface area contributed by atoms with Gasteiger partial charge >= 0.3 is 6.09 Å². The maximum atomic E-state index is 13.3. The Morgan fingerprint density at radius 2 is 1.31 bits per heavy atom. The molecule has 2 fully saturated rings. The zero-order chi connectivity index (χ0) is 25.3. The highest BCUT2D eigenvalue weighted by Crippen LogP contribution is 2.42. The predicted molar refractivity (Wildman–Crippen MR) is 142 cm³/mol. The fourth-order valence-electron chi connectivity index (χ4n) is 6.03. The molecule has 0 unspecified atom stereocenters. The largest absolute Gasteiger partial charge is 0.444 e. The topological polar surface area (TPSA) is 61.8 Å². The van der Waals surface area contributed by atoms with Crippen molar-refractivity contribution < 1.29 is 14.6 Å². The summed E-state index contributed by atoms with van der Waals surface area (Å²) in [4.78, 5) is 15.2. The van der Waals surface area contributed by atoms with Crippen LogP contribution in [0.2, 0.25) is 0 Å². The van der Waals surface area contributed by atoms with Crippen LogP contribution in [0.3, 0.4) is 0 Å². The van der Waals surface area contributed by atoms with Crippen molar-refractivity contribution in [3.63, 3.8) is 0 Å². The summed E-state index contributed by atoms with van der Waals surface area (Å²) in [7, 11) is 0. The number of benzene rings is 3. The van der Waals surface area contributed by atoms with Crippen LogP contribution in [0, 0.1) is 0 Å². The normalized spacial score (nSPS) is 23.9. The Morgan fingerprint density at radius 1 is 0.833 bits per heavy atom. The lowest BCUT2D eigenvalue weighted by molar-refractivity contribution is -0.0288. The van der Waals surface area contributed by atoms with Gasteiger partial charge in [0.2, 0.25) is 0 Å². The molecule has 3 aromatic rings. The third-order valence-electron chi connectivity index (χ3n) is 7.50. The smallest absolute Gasteiger partial charge is 0.410 e. The van der Waals surface area contributed by atoms with Crippen LogP contribution < -0.4 is 5.32 Å². The number of hydrogen-bond donors (Lipinski definition) is 2. The van der Waals surface area contributed by atoms with E-state index in [1.54, 1.807) is 0 Å². The first kappa shape index (κ1) is 24.5. The van der Waals surface area contributed by atoms with Crippen LogP contribution in [-0.4, -0.2) is 45.9 Å². The summed E-state index contributed by atoms with van der Waals surface area (Å²) in [5, 5.41) is 15.4. The average molecular weight is 485 g/mol. The molecule has 0 aromatic heterocycles. The Bertz CT molecular complexity index is 1060. The molecular weight excluding hydrogens is 448 g/mol. The third kappa shape index (κ3) is 4.54. The van der Waals surface area contributed by atoms with Gasteiger partial charge < -0.3 is 14.7 Å². The second kappa shape index (κ2) is 9.72. The van der Waals surface area contributed by atoms with Gasteiger partial charge in [0.25, 0.3) is 0 Å². The van der Waals surface area contributed by atoms with Crippen molar-refractivity contribution in [1.82, 2.24) is 10.2 Å². The van der Waals surface area contributed by atoms with Gasteiger partial charge in [0.15, 0.2) is 0 Å². The number of ether oxygens (including phenoxy) is 1. The SMILES string of the molecule is CC(C)(C)OC(=O)N1[C@H]2CC[C@@H]1[C@H](NC(c1ccccc1)(c1ccccc1)c1ccccc1)[C@H](O)C2. The van der Waals surface area contributed by atoms with E-state index in [2.05, 4.69) is 41.7 Å². The molecule has 0 aliphatic carbocycles. The van der Waals surface area contributed by atoms with Gasteiger partial charge in [0, 0.05) is 6.04 Å². The molecule has 188 valence electrons. The Kier molecular flexibility index (Phi) is 6.62. The van der Waals surface area contributed by atoms with Crippen LogP contribution in [0.25, 0.3) is 0 Å². The summed E-state index contributed by atoms with van der Waals surface area (Å²) in [5.74, 6) is 0. The lowest BCUT2D eigenvalue weighted by Crippen LogP contribution is -2.65. The van der Waals surface area contributed by atoms with Gasteiger partial charge in [-0.15, -0.1) is 0 Å². The highest BCUT2D eigenvalue weighted by atomic mass is 16.6. The van der Waals surface area contributed by atoms with E-state index >= 15 is 0 Å². The minimum absolute atomic E-state index is 0.00234. The highest BCUT2D eigenvalue weighted by Gasteiger charge is 2.52. The quantitative estimate of drug-likeness (QED) is 0.472. The van der Waals surface area contributed by atoms with Crippen molar-refractivity contribution in [2.75, 3.05) is 0 Å². The number of carbonyl (C=O) groups excluding carboxylic acids is 1. The van der Waals surface area contributed by atoms with Crippen LogP contribution in [0.1, 0.15) is 56.7 Å². The molecule has 0 radical (unpaired) electrons. The maximum Gasteiger partial charge on any atom is 0.410 e. The molecule has 36 heavy (non-hydrogen) atoms. The third-order valence-corrected chi connectivity index (χ3v) is 7.50. The van der Waals surface area contributed by atoms with Gasteiger partial charge in [0.1, 0.15) is 5.60 Å². The van der Waals surface area contributed by atoms with Gasteiger partial charge in [-0.2, -0.15) is 0 Å². The van der Waals surface area contributed by atoms with Gasteiger partial charge in [0.05, 0.1) is 23.7 Å². The Hall–Kier alpha value is -3.15. The molecule has 2 aliphatic rings. The molecule has 0 saturated carbocycles. The predicted octanol–water partition coefficient (Wildman–Crippen LogP) is 5.47. The molecule has 0 spiro atoms. The number of aliphatic hydroxyl groups is 1. The van der Waals surface area contributed by atoms with E-state index in [4.69, 9.17) is 4.74 Å². The number of nitrogens with zero attached hydrogens (tertiary/aromatic N) is 1. The molecule has 5 nitrogen and oxygen atoms in total. The summed E-state index contributed by atoms with van der Waals surface area (Å²) in [6.07, 6.45) is 1.35. The molecule has 4 atom stereocenters. The molecule has 5 heteroatoms. The van der Waals surface area contributed by atoms with E-state index in [0.717, 1.165) is 29.5 Å². The number of hydrogen-bond acceptors (Lipinski definition) is 4. The van der Waals surface area contributed by atoms with Crippen LogP contribution in [-0.2, 0) is 10.3 Å². The summed E-state index contributed by atoms with van der Waals surface area (Å²) in [6, 6.07) is 30.6. The van der Waals surface area contributed by atoms with Crippen molar-refractivity contribution in [2.24, 2.45) is 0 Å².